The number of methoxy groups -OCH3 is 1. The van der Waals surface area contributed by atoms with Crippen LogP contribution in [0.15, 0.2) is 30.7 Å². The molecule has 0 aliphatic heterocycles. The van der Waals surface area contributed by atoms with Gasteiger partial charge in [0.05, 0.1) is 13.3 Å². The van der Waals surface area contributed by atoms with Gasteiger partial charge in [0.25, 0.3) is 0 Å². The normalized spacial score (nSPS) is 10.6. The van der Waals surface area contributed by atoms with Gasteiger partial charge in [-0.25, -0.2) is 4.98 Å². The number of hydrogen-bond donors (Lipinski definition) is 1. The van der Waals surface area contributed by atoms with Crippen LogP contribution in [0.5, 0.6) is 5.88 Å². The zero-order chi connectivity index (χ0) is 12.8. The van der Waals surface area contributed by atoms with Gasteiger partial charge in [-0.15, -0.1) is 0 Å². The van der Waals surface area contributed by atoms with Crippen molar-refractivity contribution in [2.24, 2.45) is 0 Å². The molecule has 18 heavy (non-hydrogen) atoms. The van der Waals surface area contributed by atoms with Crippen LogP contribution < -0.4 is 10.1 Å². The van der Waals surface area contributed by atoms with Crippen LogP contribution in [0.2, 0.25) is 0 Å². The molecule has 2 aromatic heterocycles. The van der Waals surface area contributed by atoms with Crippen molar-refractivity contribution >= 4 is 0 Å². The summed E-state index contributed by atoms with van der Waals surface area (Å²) in [4.78, 5) is 4.16. The topological polar surface area (TPSA) is 52.0 Å². The summed E-state index contributed by atoms with van der Waals surface area (Å²) >= 11 is 0. The summed E-state index contributed by atoms with van der Waals surface area (Å²) in [6.45, 7) is 4.58. The lowest BCUT2D eigenvalue weighted by Crippen LogP contribution is -2.12. The molecule has 0 amide bonds. The van der Waals surface area contributed by atoms with Gasteiger partial charge < -0.3 is 10.1 Å². The first kappa shape index (κ1) is 12.6. The highest BCUT2D eigenvalue weighted by Gasteiger charge is 1.98. The molecule has 0 saturated heterocycles. The SMILES string of the molecule is CCn1cc(CNCc2ccc(OC)nc2)cn1. The molecule has 0 aliphatic carbocycles. The molecule has 2 heterocycles. The van der Waals surface area contributed by atoms with Crippen molar-refractivity contribution in [1.82, 2.24) is 20.1 Å². The highest BCUT2D eigenvalue weighted by molar-refractivity contribution is 5.17. The molecule has 0 unspecified atom stereocenters. The maximum atomic E-state index is 5.02. The number of rotatable bonds is 6. The molecule has 0 fully saturated rings. The van der Waals surface area contributed by atoms with Crippen LogP contribution in [0.25, 0.3) is 0 Å². The van der Waals surface area contributed by atoms with E-state index in [1.807, 2.05) is 29.2 Å². The van der Waals surface area contributed by atoms with Gasteiger partial charge in [0.1, 0.15) is 0 Å². The molecule has 0 aliphatic rings. The van der Waals surface area contributed by atoms with E-state index in [0.717, 1.165) is 25.2 Å². The second kappa shape index (κ2) is 6.16. The van der Waals surface area contributed by atoms with Gasteiger partial charge in [0, 0.05) is 43.7 Å². The second-order valence-electron chi connectivity index (χ2n) is 4.02. The van der Waals surface area contributed by atoms with Crippen LogP contribution in [0.4, 0.5) is 0 Å². The number of nitrogens with one attached hydrogen (secondary N) is 1. The van der Waals surface area contributed by atoms with Crippen LogP contribution in [-0.2, 0) is 19.6 Å². The molecule has 2 aromatic rings. The van der Waals surface area contributed by atoms with Gasteiger partial charge in [-0.3, -0.25) is 4.68 Å². The minimum absolute atomic E-state index is 0.642. The minimum atomic E-state index is 0.642. The number of pyridine rings is 1. The van der Waals surface area contributed by atoms with Crippen LogP contribution >= 0.6 is 0 Å². The lowest BCUT2D eigenvalue weighted by Gasteiger charge is -2.04. The smallest absolute Gasteiger partial charge is 0.212 e. The molecular formula is C13H18N4O. The third kappa shape index (κ3) is 3.30. The molecular weight excluding hydrogens is 228 g/mol. The Hall–Kier alpha value is -1.88. The first-order valence-corrected chi connectivity index (χ1v) is 6.02. The summed E-state index contributed by atoms with van der Waals surface area (Å²) in [5.74, 6) is 0.642. The average Bonchev–Trinajstić information content (AvgIpc) is 2.87. The molecule has 0 saturated carbocycles. The van der Waals surface area contributed by atoms with Crippen molar-refractivity contribution in [1.29, 1.82) is 0 Å². The van der Waals surface area contributed by atoms with Gasteiger partial charge in [0.2, 0.25) is 5.88 Å². The van der Waals surface area contributed by atoms with E-state index < -0.39 is 0 Å². The van der Waals surface area contributed by atoms with E-state index in [2.05, 4.69) is 28.5 Å². The fraction of sp³-hybridized carbons (Fsp3) is 0.385. The average molecular weight is 246 g/mol. The molecule has 0 atom stereocenters. The third-order valence-electron chi connectivity index (χ3n) is 2.68. The molecule has 5 nitrogen and oxygen atoms in total. The monoisotopic (exact) mass is 246 g/mol. The van der Waals surface area contributed by atoms with E-state index in [1.165, 1.54) is 5.56 Å². The zero-order valence-corrected chi connectivity index (χ0v) is 10.8. The summed E-state index contributed by atoms with van der Waals surface area (Å²) in [7, 11) is 1.62. The highest BCUT2D eigenvalue weighted by atomic mass is 16.5. The van der Waals surface area contributed by atoms with Crippen LogP contribution in [-0.4, -0.2) is 21.9 Å². The predicted molar refractivity (Wildman–Crippen MR) is 69.2 cm³/mol. The van der Waals surface area contributed by atoms with E-state index in [4.69, 9.17) is 4.74 Å². The number of aromatic nitrogens is 3. The first-order chi connectivity index (χ1) is 8.81. The second-order valence-corrected chi connectivity index (χ2v) is 4.02. The van der Waals surface area contributed by atoms with Gasteiger partial charge >= 0.3 is 0 Å². The maximum absolute atomic E-state index is 5.02. The molecule has 96 valence electrons. The molecule has 0 bridgehead atoms. The summed E-state index contributed by atoms with van der Waals surface area (Å²) in [5.41, 5.74) is 2.33. The maximum Gasteiger partial charge on any atom is 0.212 e. The Balaban J connectivity index is 1.80. The van der Waals surface area contributed by atoms with Crippen LogP contribution in [0.3, 0.4) is 0 Å². The van der Waals surface area contributed by atoms with Crippen molar-refractivity contribution in [3.8, 4) is 5.88 Å². The molecule has 2 rings (SSSR count). The number of ether oxygens (including phenoxy) is 1. The Morgan fingerprint density at radius 2 is 2.06 bits per heavy atom. The largest absolute Gasteiger partial charge is 0.481 e. The van der Waals surface area contributed by atoms with Crippen molar-refractivity contribution in [3.05, 3.63) is 41.9 Å². The standard InChI is InChI=1S/C13H18N4O/c1-3-17-10-12(9-16-17)7-14-6-11-4-5-13(18-2)15-8-11/h4-5,8-10,14H,3,6-7H2,1-2H3. The molecule has 0 aromatic carbocycles. The fourth-order valence-corrected chi connectivity index (χ4v) is 1.66. The predicted octanol–water partition coefficient (Wildman–Crippen LogP) is 1.60. The Morgan fingerprint density at radius 3 is 2.67 bits per heavy atom. The van der Waals surface area contributed by atoms with Crippen molar-refractivity contribution in [2.45, 2.75) is 26.6 Å². The van der Waals surface area contributed by atoms with Crippen molar-refractivity contribution in [2.75, 3.05) is 7.11 Å². The van der Waals surface area contributed by atoms with Crippen molar-refractivity contribution < 1.29 is 4.74 Å². The summed E-state index contributed by atoms with van der Waals surface area (Å²) < 4.78 is 6.94. The molecule has 1 N–H and O–H groups in total. The van der Waals surface area contributed by atoms with E-state index in [-0.39, 0.29) is 0 Å². The van der Waals surface area contributed by atoms with E-state index in [0.29, 0.717) is 5.88 Å². The Labute approximate surface area is 107 Å². The Kier molecular flexibility index (Phi) is 4.30. The minimum Gasteiger partial charge on any atom is -0.481 e. The van der Waals surface area contributed by atoms with E-state index in [1.54, 1.807) is 7.11 Å². The molecule has 5 heteroatoms. The number of nitrogens with zero attached hydrogens (tertiary/aromatic N) is 3. The van der Waals surface area contributed by atoms with E-state index in [9.17, 15) is 0 Å². The molecule has 0 spiro atoms. The lowest BCUT2D eigenvalue weighted by atomic mass is 10.2. The van der Waals surface area contributed by atoms with Gasteiger partial charge in [-0.2, -0.15) is 5.10 Å². The van der Waals surface area contributed by atoms with Crippen LogP contribution in [0, 0.1) is 0 Å². The van der Waals surface area contributed by atoms with Gasteiger partial charge in [-0.1, -0.05) is 6.07 Å². The summed E-state index contributed by atoms with van der Waals surface area (Å²) in [6.07, 6.45) is 5.77. The summed E-state index contributed by atoms with van der Waals surface area (Å²) in [6, 6.07) is 3.88. The lowest BCUT2D eigenvalue weighted by molar-refractivity contribution is 0.397. The highest BCUT2D eigenvalue weighted by Crippen LogP contribution is 2.06. The van der Waals surface area contributed by atoms with Crippen LogP contribution in [0.1, 0.15) is 18.1 Å². The van der Waals surface area contributed by atoms with E-state index >= 15 is 0 Å². The summed E-state index contributed by atoms with van der Waals surface area (Å²) in [5, 5.41) is 7.59. The quantitative estimate of drug-likeness (QED) is 0.841. The fourth-order valence-electron chi connectivity index (χ4n) is 1.66. The number of aryl methyl sites for hydroxylation is 1. The van der Waals surface area contributed by atoms with Crippen molar-refractivity contribution in [3.63, 3.8) is 0 Å². The number of hydrogen-bond acceptors (Lipinski definition) is 4. The van der Waals surface area contributed by atoms with Gasteiger partial charge in [-0.05, 0) is 12.5 Å². The van der Waals surface area contributed by atoms with Gasteiger partial charge in [0.15, 0.2) is 0 Å². The Morgan fingerprint density at radius 1 is 1.22 bits per heavy atom. The molecule has 0 radical (unpaired) electrons. The third-order valence-corrected chi connectivity index (χ3v) is 2.68. The zero-order valence-electron chi connectivity index (χ0n) is 10.8. The first-order valence-electron chi connectivity index (χ1n) is 6.02. The Bertz CT molecular complexity index is 478.